The standard InChI is InChI=1S/C23H24N6OS/c1-2-6-16(7-3-1)12-29-21(25-15-27-29)18-13-30-11-10-28(18)22-20-17-8-4-5-9-19(17)31-23(20)26-14-24-22/h1-3,6-7,14-15,18H,4-5,8-13H2/t18-/m1/s1. The van der Waals surface area contributed by atoms with Gasteiger partial charge in [-0.25, -0.2) is 19.6 Å². The van der Waals surface area contributed by atoms with Crippen LogP contribution in [-0.4, -0.2) is 44.5 Å². The fraction of sp³-hybridized carbons (Fsp3) is 0.391. The lowest BCUT2D eigenvalue weighted by molar-refractivity contribution is 0.0901. The molecule has 0 N–H and O–H groups in total. The molecule has 1 atom stereocenters. The molecule has 1 aromatic carbocycles. The average Bonchev–Trinajstić information content (AvgIpc) is 3.44. The van der Waals surface area contributed by atoms with Crippen LogP contribution in [0, 0.1) is 0 Å². The average molecular weight is 433 g/mol. The highest BCUT2D eigenvalue weighted by atomic mass is 32.1. The lowest BCUT2D eigenvalue weighted by atomic mass is 9.96. The summed E-state index contributed by atoms with van der Waals surface area (Å²) in [6.45, 7) is 2.72. The summed E-state index contributed by atoms with van der Waals surface area (Å²) in [4.78, 5) is 19.0. The zero-order chi connectivity index (χ0) is 20.6. The second kappa shape index (κ2) is 8.01. The summed E-state index contributed by atoms with van der Waals surface area (Å²) in [5, 5.41) is 5.77. The van der Waals surface area contributed by atoms with Gasteiger partial charge < -0.3 is 9.64 Å². The monoisotopic (exact) mass is 432 g/mol. The fourth-order valence-corrected chi connectivity index (χ4v) is 6.00. The van der Waals surface area contributed by atoms with E-state index < -0.39 is 0 Å². The van der Waals surface area contributed by atoms with Crippen molar-refractivity contribution < 1.29 is 4.74 Å². The van der Waals surface area contributed by atoms with E-state index in [1.54, 1.807) is 12.7 Å². The molecule has 1 aliphatic carbocycles. The number of thiophene rings is 1. The normalized spacial score (nSPS) is 19.0. The predicted octanol–water partition coefficient (Wildman–Crippen LogP) is 3.79. The SMILES string of the molecule is c1ccc(Cn2ncnc2[C@H]2COCCN2c2ncnc3sc4c(c23)CCCC4)cc1. The maximum atomic E-state index is 5.91. The molecule has 1 aliphatic heterocycles. The first-order chi connectivity index (χ1) is 15.4. The van der Waals surface area contributed by atoms with Gasteiger partial charge in [-0.1, -0.05) is 30.3 Å². The molecule has 4 aromatic rings. The second-order valence-electron chi connectivity index (χ2n) is 8.13. The molecule has 4 heterocycles. The Hall–Kier alpha value is -2.84. The molecule has 2 aliphatic rings. The zero-order valence-corrected chi connectivity index (χ0v) is 18.1. The van der Waals surface area contributed by atoms with Crippen LogP contribution >= 0.6 is 11.3 Å². The van der Waals surface area contributed by atoms with Crippen LogP contribution in [-0.2, 0) is 24.1 Å². The minimum absolute atomic E-state index is 0.0304. The molecule has 158 valence electrons. The maximum Gasteiger partial charge on any atom is 0.152 e. The van der Waals surface area contributed by atoms with Crippen LogP contribution in [0.5, 0.6) is 0 Å². The number of aryl methyl sites for hydroxylation is 2. The summed E-state index contributed by atoms with van der Waals surface area (Å²) in [6, 6.07) is 10.3. The van der Waals surface area contributed by atoms with Gasteiger partial charge in [-0.3, -0.25) is 0 Å². The van der Waals surface area contributed by atoms with Crippen LogP contribution in [0.3, 0.4) is 0 Å². The lowest BCUT2D eigenvalue weighted by Gasteiger charge is -2.36. The van der Waals surface area contributed by atoms with Crippen LogP contribution in [0.4, 0.5) is 5.82 Å². The Balaban J connectivity index is 1.41. The topological polar surface area (TPSA) is 69.0 Å². The van der Waals surface area contributed by atoms with E-state index in [9.17, 15) is 0 Å². The number of rotatable bonds is 4. The van der Waals surface area contributed by atoms with Gasteiger partial charge in [0.15, 0.2) is 5.82 Å². The third-order valence-electron chi connectivity index (χ3n) is 6.25. The number of aromatic nitrogens is 5. The van der Waals surface area contributed by atoms with Crippen molar-refractivity contribution in [3.63, 3.8) is 0 Å². The first-order valence-corrected chi connectivity index (χ1v) is 11.7. The van der Waals surface area contributed by atoms with Gasteiger partial charge in [-0.05, 0) is 36.8 Å². The van der Waals surface area contributed by atoms with Crippen LogP contribution in [0.2, 0.25) is 0 Å². The van der Waals surface area contributed by atoms with Gasteiger partial charge in [-0.2, -0.15) is 5.10 Å². The summed E-state index contributed by atoms with van der Waals surface area (Å²) >= 11 is 1.84. The first kappa shape index (κ1) is 18.9. The van der Waals surface area contributed by atoms with E-state index in [1.807, 2.05) is 22.1 Å². The molecule has 0 radical (unpaired) electrons. The summed E-state index contributed by atoms with van der Waals surface area (Å²) < 4.78 is 7.89. The van der Waals surface area contributed by atoms with Crippen LogP contribution in [0.15, 0.2) is 43.0 Å². The summed E-state index contributed by atoms with van der Waals surface area (Å²) in [7, 11) is 0. The van der Waals surface area contributed by atoms with Crippen molar-refractivity contribution in [2.24, 2.45) is 0 Å². The highest BCUT2D eigenvalue weighted by molar-refractivity contribution is 7.19. The molecule has 0 bridgehead atoms. The summed E-state index contributed by atoms with van der Waals surface area (Å²) in [5.41, 5.74) is 2.66. The summed E-state index contributed by atoms with van der Waals surface area (Å²) in [6.07, 6.45) is 8.15. The molecular weight excluding hydrogens is 408 g/mol. The van der Waals surface area contributed by atoms with E-state index in [0.717, 1.165) is 35.9 Å². The van der Waals surface area contributed by atoms with Crippen molar-refractivity contribution in [3.05, 3.63) is 64.8 Å². The number of nitrogens with zero attached hydrogens (tertiary/aromatic N) is 6. The Labute approximate surface area is 184 Å². The molecular formula is C23H24N6OS. The smallest absolute Gasteiger partial charge is 0.152 e. The van der Waals surface area contributed by atoms with Crippen LogP contribution in [0.25, 0.3) is 10.2 Å². The Morgan fingerprint density at radius 1 is 1.03 bits per heavy atom. The molecule has 0 saturated carbocycles. The van der Waals surface area contributed by atoms with Gasteiger partial charge in [0.1, 0.15) is 29.3 Å². The molecule has 3 aromatic heterocycles. The van der Waals surface area contributed by atoms with E-state index >= 15 is 0 Å². The van der Waals surface area contributed by atoms with Gasteiger partial charge in [0.25, 0.3) is 0 Å². The third-order valence-corrected chi connectivity index (χ3v) is 7.45. The number of anilines is 1. The largest absolute Gasteiger partial charge is 0.377 e. The number of hydrogen-bond donors (Lipinski definition) is 0. The van der Waals surface area contributed by atoms with Crippen molar-refractivity contribution in [2.45, 2.75) is 38.3 Å². The maximum absolute atomic E-state index is 5.91. The number of fused-ring (bicyclic) bond motifs is 3. The van der Waals surface area contributed by atoms with Crippen molar-refractivity contribution in [1.29, 1.82) is 0 Å². The van der Waals surface area contributed by atoms with Crippen molar-refractivity contribution in [3.8, 4) is 0 Å². The van der Waals surface area contributed by atoms with Crippen molar-refractivity contribution in [2.75, 3.05) is 24.7 Å². The number of hydrogen-bond acceptors (Lipinski definition) is 7. The molecule has 0 unspecified atom stereocenters. The van der Waals surface area contributed by atoms with Gasteiger partial charge in [0.05, 0.1) is 25.1 Å². The van der Waals surface area contributed by atoms with Gasteiger partial charge in [0, 0.05) is 11.4 Å². The van der Waals surface area contributed by atoms with Crippen molar-refractivity contribution in [1.82, 2.24) is 24.7 Å². The Kier molecular flexibility index (Phi) is 4.88. The molecule has 0 spiro atoms. The van der Waals surface area contributed by atoms with Gasteiger partial charge in [0.2, 0.25) is 0 Å². The predicted molar refractivity (Wildman–Crippen MR) is 121 cm³/mol. The molecule has 0 amide bonds. The third kappa shape index (κ3) is 3.40. The fourth-order valence-electron chi connectivity index (χ4n) is 4.77. The van der Waals surface area contributed by atoms with E-state index in [-0.39, 0.29) is 6.04 Å². The van der Waals surface area contributed by atoms with Gasteiger partial charge >= 0.3 is 0 Å². The highest BCUT2D eigenvalue weighted by Gasteiger charge is 2.32. The van der Waals surface area contributed by atoms with Crippen LogP contribution in [0.1, 0.15) is 40.7 Å². The second-order valence-corrected chi connectivity index (χ2v) is 9.22. The molecule has 8 heteroatoms. The van der Waals surface area contributed by atoms with E-state index in [4.69, 9.17) is 9.72 Å². The summed E-state index contributed by atoms with van der Waals surface area (Å²) in [5.74, 6) is 1.94. The minimum atomic E-state index is -0.0304. The van der Waals surface area contributed by atoms with Gasteiger partial charge in [-0.15, -0.1) is 11.3 Å². The van der Waals surface area contributed by atoms with E-state index in [0.29, 0.717) is 19.8 Å². The first-order valence-electron chi connectivity index (χ1n) is 10.9. The highest BCUT2D eigenvalue weighted by Crippen LogP contribution is 2.41. The number of ether oxygens (including phenoxy) is 1. The van der Waals surface area contributed by atoms with Crippen LogP contribution < -0.4 is 4.90 Å². The Morgan fingerprint density at radius 2 is 1.94 bits per heavy atom. The molecule has 31 heavy (non-hydrogen) atoms. The molecule has 1 saturated heterocycles. The zero-order valence-electron chi connectivity index (χ0n) is 17.3. The Morgan fingerprint density at radius 3 is 2.87 bits per heavy atom. The molecule has 6 rings (SSSR count). The Bertz CT molecular complexity index is 1200. The quantitative estimate of drug-likeness (QED) is 0.489. The number of benzene rings is 1. The molecule has 7 nitrogen and oxygen atoms in total. The minimum Gasteiger partial charge on any atom is -0.377 e. The van der Waals surface area contributed by atoms with E-state index in [2.05, 4.69) is 44.2 Å². The molecule has 1 fully saturated rings. The lowest BCUT2D eigenvalue weighted by Crippen LogP contribution is -2.41. The number of morpholine rings is 1. The van der Waals surface area contributed by atoms with Crippen molar-refractivity contribution >= 4 is 27.4 Å². The van der Waals surface area contributed by atoms with E-state index in [1.165, 1.54) is 34.2 Å².